The molecule has 0 bridgehead atoms. The van der Waals surface area contributed by atoms with Crippen LogP contribution in [0, 0.1) is 5.92 Å². The van der Waals surface area contributed by atoms with Crippen molar-refractivity contribution in [1.82, 2.24) is 29.7 Å². The predicted molar refractivity (Wildman–Crippen MR) is 106 cm³/mol. The van der Waals surface area contributed by atoms with E-state index in [9.17, 15) is 0 Å². The highest BCUT2D eigenvalue weighted by Gasteiger charge is 2.27. The van der Waals surface area contributed by atoms with Crippen molar-refractivity contribution < 1.29 is 4.74 Å². The summed E-state index contributed by atoms with van der Waals surface area (Å²) in [7, 11) is 0. The number of fused-ring (bicyclic) bond motifs is 1. The fraction of sp³-hybridized carbons (Fsp3) is 0.524. The van der Waals surface area contributed by atoms with Gasteiger partial charge in [0.15, 0.2) is 11.5 Å². The van der Waals surface area contributed by atoms with Gasteiger partial charge < -0.3 is 9.64 Å². The Morgan fingerprint density at radius 1 is 1.07 bits per heavy atom. The van der Waals surface area contributed by atoms with Crippen LogP contribution in [-0.2, 0) is 4.74 Å². The molecule has 0 amide bonds. The highest BCUT2D eigenvalue weighted by atomic mass is 16.5. The molecule has 7 heteroatoms. The molecule has 0 radical (unpaired) electrons. The van der Waals surface area contributed by atoms with Gasteiger partial charge in [0.2, 0.25) is 0 Å². The summed E-state index contributed by atoms with van der Waals surface area (Å²) in [5, 5.41) is 13.7. The molecule has 1 unspecified atom stereocenters. The molecule has 7 nitrogen and oxygen atoms in total. The first-order chi connectivity index (χ1) is 13.9. The molecule has 28 heavy (non-hydrogen) atoms. The minimum Gasteiger partial charge on any atom is -0.381 e. The molecular weight excluding hydrogens is 352 g/mol. The van der Waals surface area contributed by atoms with Gasteiger partial charge in [-0.15, -0.1) is 10.2 Å². The zero-order valence-corrected chi connectivity index (χ0v) is 16.1. The second-order valence-corrected chi connectivity index (χ2v) is 7.95. The first-order valence-electron chi connectivity index (χ1n) is 10.3. The van der Waals surface area contributed by atoms with Gasteiger partial charge in [-0.3, -0.25) is 4.98 Å². The smallest absolute Gasteiger partial charge is 0.177 e. The van der Waals surface area contributed by atoms with E-state index in [-0.39, 0.29) is 0 Å². The van der Waals surface area contributed by atoms with Crippen LogP contribution in [0.4, 0.5) is 0 Å². The van der Waals surface area contributed by atoms with Gasteiger partial charge in [0, 0.05) is 37.0 Å². The first kappa shape index (κ1) is 17.7. The molecule has 0 N–H and O–H groups in total. The summed E-state index contributed by atoms with van der Waals surface area (Å²) >= 11 is 0. The fourth-order valence-electron chi connectivity index (χ4n) is 4.42. The summed E-state index contributed by atoms with van der Waals surface area (Å²) in [6, 6.07) is 7.93. The van der Waals surface area contributed by atoms with Crippen molar-refractivity contribution >= 4 is 5.65 Å². The fourth-order valence-corrected chi connectivity index (χ4v) is 4.42. The third-order valence-electron chi connectivity index (χ3n) is 5.97. The lowest BCUT2D eigenvalue weighted by Gasteiger charge is -2.34. The van der Waals surface area contributed by atoms with Gasteiger partial charge in [-0.2, -0.15) is 9.61 Å². The highest BCUT2D eigenvalue weighted by Crippen LogP contribution is 2.28. The van der Waals surface area contributed by atoms with Gasteiger partial charge in [-0.05, 0) is 69.0 Å². The minimum atomic E-state index is 0.408. The number of pyridine rings is 1. The monoisotopic (exact) mass is 378 g/mol. The molecule has 3 aromatic rings. The van der Waals surface area contributed by atoms with E-state index in [1.807, 2.05) is 35.0 Å². The lowest BCUT2D eigenvalue weighted by atomic mass is 9.94. The second kappa shape index (κ2) is 7.93. The van der Waals surface area contributed by atoms with E-state index in [1.165, 1.54) is 12.8 Å². The van der Waals surface area contributed by atoms with E-state index >= 15 is 0 Å². The molecule has 1 atom stereocenters. The molecule has 0 aliphatic carbocycles. The summed E-state index contributed by atoms with van der Waals surface area (Å²) < 4.78 is 7.57. The van der Waals surface area contributed by atoms with E-state index in [0.29, 0.717) is 11.8 Å². The van der Waals surface area contributed by atoms with Crippen molar-refractivity contribution in [2.24, 2.45) is 5.92 Å². The number of likely N-dealkylation sites (tertiary alicyclic amines) is 1. The molecule has 2 aliphatic rings. The van der Waals surface area contributed by atoms with E-state index in [4.69, 9.17) is 9.84 Å². The molecule has 2 saturated heterocycles. The van der Waals surface area contributed by atoms with Crippen LogP contribution in [0.15, 0.2) is 36.7 Å². The molecule has 2 fully saturated rings. The third kappa shape index (κ3) is 3.64. The molecule has 3 aromatic heterocycles. The Morgan fingerprint density at radius 2 is 2.00 bits per heavy atom. The lowest BCUT2D eigenvalue weighted by Crippen LogP contribution is -2.39. The van der Waals surface area contributed by atoms with Gasteiger partial charge in [0.05, 0.1) is 12.3 Å². The maximum absolute atomic E-state index is 5.64. The van der Waals surface area contributed by atoms with E-state index < -0.39 is 0 Å². The average molecular weight is 378 g/mol. The Balaban J connectivity index is 1.30. The van der Waals surface area contributed by atoms with Crippen LogP contribution in [0.25, 0.3) is 16.9 Å². The van der Waals surface area contributed by atoms with Crippen LogP contribution in [0.2, 0.25) is 0 Å². The Labute approximate surface area is 164 Å². The summed E-state index contributed by atoms with van der Waals surface area (Å²) in [5.41, 5.74) is 2.72. The maximum Gasteiger partial charge on any atom is 0.177 e. The molecular formula is C21H26N6O. The van der Waals surface area contributed by atoms with E-state index in [2.05, 4.69) is 20.1 Å². The number of ether oxygens (including phenoxy) is 1. The minimum absolute atomic E-state index is 0.408. The number of hydrogen-bond donors (Lipinski definition) is 0. The zero-order chi connectivity index (χ0) is 18.8. The van der Waals surface area contributed by atoms with Crippen LogP contribution in [0.5, 0.6) is 0 Å². The Bertz CT molecular complexity index is 913. The Hall–Kier alpha value is -2.38. The summed E-state index contributed by atoms with van der Waals surface area (Å²) in [6.07, 6.45) is 8.33. The van der Waals surface area contributed by atoms with E-state index in [0.717, 1.165) is 68.4 Å². The SMILES string of the molecule is c1cncc(-c2ccc3nnc(C4CCN(CC5CCCOC5)CC4)n3n2)c1. The number of aromatic nitrogens is 5. The van der Waals surface area contributed by atoms with Crippen molar-refractivity contribution in [3.8, 4) is 11.3 Å². The van der Waals surface area contributed by atoms with Gasteiger partial charge in [0.1, 0.15) is 0 Å². The molecule has 0 saturated carbocycles. The lowest BCUT2D eigenvalue weighted by molar-refractivity contribution is 0.0344. The molecule has 5 rings (SSSR count). The van der Waals surface area contributed by atoms with Crippen LogP contribution in [-0.4, -0.2) is 62.5 Å². The number of nitrogens with zero attached hydrogens (tertiary/aromatic N) is 6. The van der Waals surface area contributed by atoms with Crippen LogP contribution >= 0.6 is 0 Å². The van der Waals surface area contributed by atoms with Crippen molar-refractivity contribution in [1.29, 1.82) is 0 Å². The predicted octanol–water partition coefficient (Wildman–Crippen LogP) is 2.79. The number of rotatable bonds is 4. The highest BCUT2D eigenvalue weighted by molar-refractivity contribution is 5.58. The van der Waals surface area contributed by atoms with Gasteiger partial charge in [-0.25, -0.2) is 0 Å². The van der Waals surface area contributed by atoms with Gasteiger partial charge >= 0.3 is 0 Å². The molecule has 0 aromatic carbocycles. The largest absolute Gasteiger partial charge is 0.381 e. The molecule has 2 aliphatic heterocycles. The molecule has 5 heterocycles. The van der Waals surface area contributed by atoms with Crippen molar-refractivity contribution in [3.63, 3.8) is 0 Å². The second-order valence-electron chi connectivity index (χ2n) is 7.95. The quantitative estimate of drug-likeness (QED) is 0.695. The average Bonchev–Trinajstić information content (AvgIpc) is 3.19. The van der Waals surface area contributed by atoms with Gasteiger partial charge in [-0.1, -0.05) is 0 Å². The van der Waals surface area contributed by atoms with Crippen molar-refractivity contribution in [3.05, 3.63) is 42.5 Å². The summed E-state index contributed by atoms with van der Waals surface area (Å²) in [4.78, 5) is 6.79. The van der Waals surface area contributed by atoms with E-state index in [1.54, 1.807) is 6.20 Å². The Morgan fingerprint density at radius 3 is 2.79 bits per heavy atom. The summed E-state index contributed by atoms with van der Waals surface area (Å²) in [6.45, 7) is 5.25. The Kier molecular flexibility index (Phi) is 5.01. The standard InChI is InChI=1S/C21H26N6O/c1-4-18(13-22-9-1)19-5-6-20-23-24-21(27(20)25-19)17-7-10-26(11-8-17)14-16-3-2-12-28-15-16/h1,4-6,9,13,16-17H,2-3,7-8,10-12,14-15H2. The maximum atomic E-state index is 5.64. The number of piperidine rings is 1. The van der Waals surface area contributed by atoms with Crippen LogP contribution in [0.1, 0.15) is 37.4 Å². The number of hydrogen-bond acceptors (Lipinski definition) is 6. The first-order valence-corrected chi connectivity index (χ1v) is 10.3. The third-order valence-corrected chi connectivity index (χ3v) is 5.97. The normalized spacial score (nSPS) is 21.9. The summed E-state index contributed by atoms with van der Waals surface area (Å²) in [5.74, 6) is 2.09. The van der Waals surface area contributed by atoms with Crippen LogP contribution < -0.4 is 0 Å². The van der Waals surface area contributed by atoms with Crippen molar-refractivity contribution in [2.75, 3.05) is 32.8 Å². The molecule has 0 spiro atoms. The topological polar surface area (TPSA) is 68.4 Å². The van der Waals surface area contributed by atoms with Gasteiger partial charge in [0.25, 0.3) is 0 Å². The zero-order valence-electron chi connectivity index (χ0n) is 16.1. The van der Waals surface area contributed by atoms with Crippen LogP contribution in [0.3, 0.4) is 0 Å². The van der Waals surface area contributed by atoms with Crippen molar-refractivity contribution in [2.45, 2.75) is 31.6 Å². The molecule has 146 valence electrons.